The molecule has 118 valence electrons. The molecule has 0 aromatic heterocycles. The number of ether oxygens (including phenoxy) is 2. The smallest absolute Gasteiger partial charge is 0.387 e. The van der Waals surface area contributed by atoms with Gasteiger partial charge in [0.2, 0.25) is 0 Å². The molecule has 2 N–H and O–H groups in total. The summed E-state index contributed by atoms with van der Waals surface area (Å²) >= 11 is 0. The number of rotatable bonds is 5. The lowest BCUT2D eigenvalue weighted by atomic mass is 10.1. The van der Waals surface area contributed by atoms with Crippen molar-refractivity contribution >= 4 is 11.4 Å². The monoisotopic (exact) mass is 304 g/mol. The molecule has 7 heteroatoms. The first-order chi connectivity index (χ1) is 10.0. The third kappa shape index (κ3) is 3.93. The van der Waals surface area contributed by atoms with Gasteiger partial charge in [-0.2, -0.15) is 8.78 Å². The van der Waals surface area contributed by atoms with Crippen LogP contribution in [-0.4, -0.2) is 32.4 Å². The van der Waals surface area contributed by atoms with E-state index in [4.69, 9.17) is 10.5 Å². The molecule has 21 heavy (non-hydrogen) atoms. The van der Waals surface area contributed by atoms with E-state index in [1.54, 1.807) is 0 Å². The van der Waals surface area contributed by atoms with Gasteiger partial charge in [0.1, 0.15) is 0 Å². The second kappa shape index (κ2) is 6.89. The van der Waals surface area contributed by atoms with Crippen LogP contribution in [0.5, 0.6) is 5.75 Å². The minimum absolute atomic E-state index is 0.0627. The summed E-state index contributed by atoms with van der Waals surface area (Å²) in [7, 11) is 0. The molecule has 2 rings (SSSR count). The van der Waals surface area contributed by atoms with Gasteiger partial charge < -0.3 is 20.1 Å². The quantitative estimate of drug-likeness (QED) is 0.850. The molecule has 1 saturated heterocycles. The van der Waals surface area contributed by atoms with E-state index in [-0.39, 0.29) is 11.8 Å². The molecular weight excluding hydrogens is 285 g/mol. The van der Waals surface area contributed by atoms with Crippen LogP contribution in [0.3, 0.4) is 0 Å². The Bertz CT molecular complexity index is 484. The van der Waals surface area contributed by atoms with Crippen LogP contribution in [0.1, 0.15) is 19.8 Å². The second-order valence-electron chi connectivity index (χ2n) is 4.89. The van der Waals surface area contributed by atoms with Crippen molar-refractivity contribution in [2.75, 3.05) is 30.3 Å². The van der Waals surface area contributed by atoms with Gasteiger partial charge in [-0.15, -0.1) is 0 Å². The van der Waals surface area contributed by atoms with E-state index in [1.807, 2.05) is 11.8 Å². The van der Waals surface area contributed by atoms with Gasteiger partial charge in [-0.1, -0.05) is 0 Å². The standard InChI is InChI=1S/C14H19F3N2O2/c1-2-20-9-4-3-5-19(8-9)12-7-13(21-14(16)17)10(15)6-11(12)18/h6-7,9,14H,2-5,8,18H2,1H3. The fourth-order valence-electron chi connectivity index (χ4n) is 2.55. The van der Waals surface area contributed by atoms with Gasteiger partial charge in [0.05, 0.1) is 17.5 Å². The summed E-state index contributed by atoms with van der Waals surface area (Å²) in [6, 6.07) is 2.24. The number of piperidine rings is 1. The first-order valence-electron chi connectivity index (χ1n) is 6.91. The largest absolute Gasteiger partial charge is 0.432 e. The predicted octanol–water partition coefficient (Wildman–Crippen LogP) is 3.01. The molecular formula is C14H19F3N2O2. The normalized spacial score (nSPS) is 19.1. The maximum atomic E-state index is 13.6. The summed E-state index contributed by atoms with van der Waals surface area (Å²) < 4.78 is 47.9. The predicted molar refractivity (Wildman–Crippen MR) is 74.3 cm³/mol. The summed E-state index contributed by atoms with van der Waals surface area (Å²) in [6.45, 7) is 0.760. The Morgan fingerprint density at radius 3 is 2.86 bits per heavy atom. The molecule has 1 aromatic rings. The highest BCUT2D eigenvalue weighted by molar-refractivity contribution is 5.70. The molecule has 4 nitrogen and oxygen atoms in total. The van der Waals surface area contributed by atoms with Crippen LogP contribution in [0.2, 0.25) is 0 Å². The van der Waals surface area contributed by atoms with E-state index in [1.165, 1.54) is 6.07 Å². The van der Waals surface area contributed by atoms with Crippen molar-refractivity contribution in [1.82, 2.24) is 0 Å². The third-order valence-corrected chi connectivity index (χ3v) is 3.42. The van der Waals surface area contributed by atoms with E-state index in [0.717, 1.165) is 18.9 Å². The molecule has 0 saturated carbocycles. The molecule has 1 aromatic carbocycles. The zero-order valence-corrected chi connectivity index (χ0v) is 11.8. The summed E-state index contributed by atoms with van der Waals surface area (Å²) in [5.74, 6) is -1.39. The van der Waals surface area contributed by atoms with Crippen molar-refractivity contribution in [2.45, 2.75) is 32.5 Å². The molecule has 1 unspecified atom stereocenters. The number of anilines is 2. The number of halogens is 3. The highest BCUT2D eigenvalue weighted by Gasteiger charge is 2.23. The van der Waals surface area contributed by atoms with E-state index in [0.29, 0.717) is 25.4 Å². The van der Waals surface area contributed by atoms with E-state index >= 15 is 0 Å². The van der Waals surface area contributed by atoms with E-state index < -0.39 is 18.2 Å². The number of nitrogens with two attached hydrogens (primary N) is 1. The Morgan fingerprint density at radius 2 is 2.19 bits per heavy atom. The second-order valence-corrected chi connectivity index (χ2v) is 4.89. The van der Waals surface area contributed by atoms with Crippen LogP contribution in [0.4, 0.5) is 24.5 Å². The summed E-state index contributed by atoms with van der Waals surface area (Å²) in [6.07, 6.45) is 1.89. The van der Waals surface area contributed by atoms with Gasteiger partial charge in [0, 0.05) is 31.8 Å². The average molecular weight is 304 g/mol. The number of hydrogen-bond donors (Lipinski definition) is 1. The van der Waals surface area contributed by atoms with Crippen LogP contribution in [0.15, 0.2) is 12.1 Å². The van der Waals surface area contributed by atoms with Crippen molar-refractivity contribution in [1.29, 1.82) is 0 Å². The van der Waals surface area contributed by atoms with Gasteiger partial charge in [-0.3, -0.25) is 0 Å². The topological polar surface area (TPSA) is 47.7 Å². The summed E-state index contributed by atoms with van der Waals surface area (Å²) in [4.78, 5) is 1.91. The van der Waals surface area contributed by atoms with E-state index in [9.17, 15) is 13.2 Å². The Kier molecular flexibility index (Phi) is 5.17. The maximum absolute atomic E-state index is 13.6. The fraction of sp³-hybridized carbons (Fsp3) is 0.571. The fourth-order valence-corrected chi connectivity index (χ4v) is 2.55. The number of benzene rings is 1. The molecule has 0 amide bonds. The van der Waals surface area contributed by atoms with Crippen molar-refractivity contribution in [3.8, 4) is 5.75 Å². The SMILES string of the molecule is CCOC1CCCN(c2cc(OC(F)F)c(F)cc2N)C1. The molecule has 0 radical (unpaired) electrons. The van der Waals surface area contributed by atoms with Crippen molar-refractivity contribution in [3.05, 3.63) is 17.9 Å². The minimum atomic E-state index is -3.08. The minimum Gasteiger partial charge on any atom is -0.432 e. The Morgan fingerprint density at radius 1 is 1.43 bits per heavy atom. The van der Waals surface area contributed by atoms with Crippen LogP contribution in [0.25, 0.3) is 0 Å². The number of hydrogen-bond acceptors (Lipinski definition) is 4. The van der Waals surface area contributed by atoms with Gasteiger partial charge in [0.25, 0.3) is 0 Å². The number of alkyl halides is 2. The van der Waals surface area contributed by atoms with Gasteiger partial charge in [0.15, 0.2) is 11.6 Å². The van der Waals surface area contributed by atoms with Crippen LogP contribution < -0.4 is 15.4 Å². The average Bonchev–Trinajstić information content (AvgIpc) is 2.42. The van der Waals surface area contributed by atoms with Gasteiger partial charge >= 0.3 is 6.61 Å². The highest BCUT2D eigenvalue weighted by Crippen LogP contribution is 2.33. The summed E-state index contributed by atoms with van der Waals surface area (Å²) in [5, 5.41) is 0. The molecule has 0 spiro atoms. The number of nitrogens with zero attached hydrogens (tertiary/aromatic N) is 1. The lowest BCUT2D eigenvalue weighted by Crippen LogP contribution is -2.40. The van der Waals surface area contributed by atoms with E-state index in [2.05, 4.69) is 4.74 Å². The van der Waals surface area contributed by atoms with Gasteiger partial charge in [-0.05, 0) is 19.8 Å². The van der Waals surface area contributed by atoms with Crippen molar-refractivity contribution < 1.29 is 22.6 Å². The number of nitrogen functional groups attached to an aromatic ring is 1. The zero-order valence-electron chi connectivity index (χ0n) is 11.8. The molecule has 1 aliphatic heterocycles. The van der Waals surface area contributed by atoms with Crippen LogP contribution in [0, 0.1) is 5.82 Å². The molecule has 0 aliphatic carbocycles. The maximum Gasteiger partial charge on any atom is 0.387 e. The van der Waals surface area contributed by atoms with Crippen LogP contribution >= 0.6 is 0 Å². The molecule has 0 bridgehead atoms. The lowest BCUT2D eigenvalue weighted by molar-refractivity contribution is -0.0521. The molecule has 1 atom stereocenters. The Balaban J connectivity index is 2.21. The third-order valence-electron chi connectivity index (χ3n) is 3.42. The van der Waals surface area contributed by atoms with Crippen LogP contribution in [-0.2, 0) is 4.74 Å². The first-order valence-corrected chi connectivity index (χ1v) is 6.91. The Hall–Kier alpha value is -1.63. The van der Waals surface area contributed by atoms with Gasteiger partial charge in [-0.25, -0.2) is 4.39 Å². The molecule has 1 heterocycles. The first kappa shape index (κ1) is 15.8. The molecule has 1 aliphatic rings. The molecule has 1 fully saturated rings. The zero-order chi connectivity index (χ0) is 15.4. The highest BCUT2D eigenvalue weighted by atomic mass is 19.3. The van der Waals surface area contributed by atoms with Crippen molar-refractivity contribution in [3.63, 3.8) is 0 Å². The Labute approximate surface area is 121 Å². The van der Waals surface area contributed by atoms with Crippen molar-refractivity contribution in [2.24, 2.45) is 0 Å². The lowest BCUT2D eigenvalue weighted by Gasteiger charge is -2.35. The summed E-state index contributed by atoms with van der Waals surface area (Å²) in [5.41, 5.74) is 6.50.